The molecule has 0 atom stereocenters. The number of benzene rings is 3. The fourth-order valence-electron chi connectivity index (χ4n) is 6.27. The summed E-state index contributed by atoms with van der Waals surface area (Å²) in [5.74, 6) is 0.448. The van der Waals surface area contributed by atoms with E-state index in [1.807, 2.05) is 43.9 Å². The third kappa shape index (κ3) is 13.1. The van der Waals surface area contributed by atoms with Crippen LogP contribution < -0.4 is 30.2 Å². The first-order valence-electron chi connectivity index (χ1n) is 19.9. The van der Waals surface area contributed by atoms with Crippen LogP contribution in [0.4, 0.5) is 16.2 Å². The average molecular weight is 788 g/mol. The highest BCUT2D eigenvalue weighted by Crippen LogP contribution is 2.37. The van der Waals surface area contributed by atoms with Gasteiger partial charge in [-0.2, -0.15) is 0 Å². The van der Waals surface area contributed by atoms with E-state index in [9.17, 15) is 19.2 Å². The van der Waals surface area contributed by atoms with Gasteiger partial charge in [-0.15, -0.1) is 0 Å². The third-order valence-electron chi connectivity index (χ3n) is 9.33. The second-order valence-corrected chi connectivity index (χ2v) is 15.7. The fraction of sp³-hybridized carbons (Fsp3) is 0.500. The number of alkyl carbamates (subject to hydrolysis) is 1. The summed E-state index contributed by atoms with van der Waals surface area (Å²) in [5, 5.41) is 2.70. The zero-order chi connectivity index (χ0) is 41.7. The molecule has 0 aromatic heterocycles. The maximum Gasteiger partial charge on any atom is 0.407 e. The molecule has 1 saturated heterocycles. The molecule has 13 heteroatoms. The molecule has 3 N–H and O–H groups in total. The lowest BCUT2D eigenvalue weighted by Crippen LogP contribution is -2.47. The molecular formula is C44H61N5O8. The van der Waals surface area contributed by atoms with Crippen molar-refractivity contribution < 1.29 is 38.1 Å². The summed E-state index contributed by atoms with van der Waals surface area (Å²) >= 11 is 0. The minimum Gasteiger partial charge on any atom is -0.493 e. The van der Waals surface area contributed by atoms with Crippen LogP contribution in [-0.2, 0) is 9.53 Å². The van der Waals surface area contributed by atoms with Gasteiger partial charge in [0, 0.05) is 46.2 Å². The first-order chi connectivity index (χ1) is 27.1. The smallest absolute Gasteiger partial charge is 0.407 e. The second-order valence-electron chi connectivity index (χ2n) is 15.7. The second kappa shape index (κ2) is 20.7. The Morgan fingerprint density at radius 3 is 2.21 bits per heavy atom. The summed E-state index contributed by atoms with van der Waals surface area (Å²) in [4.78, 5) is 58.5. The fourth-order valence-corrected chi connectivity index (χ4v) is 6.27. The van der Waals surface area contributed by atoms with E-state index >= 15 is 0 Å². The molecule has 0 radical (unpaired) electrons. The molecule has 0 spiro atoms. The molecule has 57 heavy (non-hydrogen) atoms. The van der Waals surface area contributed by atoms with Gasteiger partial charge in [-0.1, -0.05) is 18.2 Å². The lowest BCUT2D eigenvalue weighted by molar-refractivity contribution is -0.132. The molecule has 3 amide bonds. The maximum atomic E-state index is 14.1. The number of likely N-dealkylation sites (N-methyl/N-ethyl adjacent to an activating group) is 1. The highest BCUT2D eigenvalue weighted by Gasteiger charge is 2.27. The van der Waals surface area contributed by atoms with Crippen LogP contribution in [0.2, 0.25) is 0 Å². The van der Waals surface area contributed by atoms with Crippen LogP contribution in [0.15, 0.2) is 54.6 Å². The van der Waals surface area contributed by atoms with E-state index in [0.717, 1.165) is 51.0 Å². The number of anilines is 2. The van der Waals surface area contributed by atoms with Crippen molar-refractivity contribution in [2.75, 3.05) is 70.7 Å². The molecule has 0 unspecified atom stereocenters. The number of nitrogens with zero attached hydrogens (tertiary/aromatic N) is 3. The third-order valence-corrected chi connectivity index (χ3v) is 9.33. The molecular weight excluding hydrogens is 727 g/mol. The van der Waals surface area contributed by atoms with E-state index in [4.69, 9.17) is 24.7 Å². The Labute approximate surface area is 337 Å². The molecule has 0 bridgehead atoms. The van der Waals surface area contributed by atoms with Crippen molar-refractivity contribution in [1.82, 2.24) is 15.1 Å². The Morgan fingerprint density at radius 2 is 1.51 bits per heavy atom. The number of ether oxygens (including phenoxy) is 4. The van der Waals surface area contributed by atoms with Crippen LogP contribution in [0.3, 0.4) is 0 Å². The van der Waals surface area contributed by atoms with Crippen molar-refractivity contribution in [2.45, 2.75) is 85.4 Å². The number of nitrogen functional groups attached to an aromatic ring is 1. The van der Waals surface area contributed by atoms with Gasteiger partial charge in [0.15, 0.2) is 5.75 Å². The number of ketones is 1. The summed E-state index contributed by atoms with van der Waals surface area (Å²) in [5.41, 5.74) is 8.32. The molecule has 1 aliphatic heterocycles. The minimum absolute atomic E-state index is 0.0405. The van der Waals surface area contributed by atoms with E-state index < -0.39 is 17.6 Å². The Kier molecular flexibility index (Phi) is 16.2. The summed E-state index contributed by atoms with van der Waals surface area (Å²) < 4.78 is 23.6. The summed E-state index contributed by atoms with van der Waals surface area (Å²) in [7, 11) is 3.73. The molecule has 1 aliphatic rings. The number of unbranched alkanes of at least 4 members (excludes halogenated alkanes) is 2. The number of carbonyl (C=O) groups is 4. The Morgan fingerprint density at radius 1 is 0.842 bits per heavy atom. The van der Waals surface area contributed by atoms with E-state index in [1.165, 1.54) is 4.90 Å². The molecule has 0 saturated carbocycles. The zero-order valence-corrected chi connectivity index (χ0v) is 34.9. The number of rotatable bonds is 18. The van der Waals surface area contributed by atoms with Crippen molar-refractivity contribution in [1.29, 1.82) is 0 Å². The van der Waals surface area contributed by atoms with E-state index in [1.54, 1.807) is 64.2 Å². The molecule has 4 rings (SSSR count). The number of nitrogens with one attached hydrogen (secondary N) is 1. The number of hydrogen-bond acceptors (Lipinski definition) is 10. The van der Waals surface area contributed by atoms with E-state index in [2.05, 4.69) is 17.3 Å². The summed E-state index contributed by atoms with van der Waals surface area (Å²) in [6.07, 6.45) is 2.55. The van der Waals surface area contributed by atoms with Crippen LogP contribution in [0.1, 0.15) is 98.6 Å². The van der Waals surface area contributed by atoms with Crippen LogP contribution in [0.25, 0.3) is 0 Å². The van der Waals surface area contributed by atoms with E-state index in [-0.39, 0.29) is 47.0 Å². The van der Waals surface area contributed by atoms with Crippen molar-refractivity contribution in [3.63, 3.8) is 0 Å². The number of piperazine rings is 1. The lowest BCUT2D eigenvalue weighted by Gasteiger charge is -2.32. The molecule has 13 nitrogen and oxygen atoms in total. The van der Waals surface area contributed by atoms with Gasteiger partial charge in [-0.25, -0.2) is 4.79 Å². The molecule has 3 aromatic carbocycles. The SMILES string of the molecule is Cc1ccc(N(C)C(=O)c2ccc(C(=O)c3ccccc3OCCCNC(=O)OC(C)(C)C)c(OC(C)C)c2N)c(OCCCCCC(=O)N2CCN(C)CC2)c1. The number of carbonyl (C=O) groups excluding carboxylic acids is 4. The Hall–Kier alpha value is -5.30. The molecule has 1 heterocycles. The topological polar surface area (TPSA) is 153 Å². The summed E-state index contributed by atoms with van der Waals surface area (Å²) in [6.45, 7) is 15.4. The van der Waals surface area contributed by atoms with Crippen LogP contribution in [0, 0.1) is 6.92 Å². The molecule has 3 aromatic rings. The monoisotopic (exact) mass is 787 g/mol. The number of amides is 3. The molecule has 310 valence electrons. The number of hydrogen-bond donors (Lipinski definition) is 2. The molecule has 0 aliphatic carbocycles. The van der Waals surface area contributed by atoms with Crippen LogP contribution in [-0.4, -0.2) is 105 Å². The van der Waals surface area contributed by atoms with Crippen LogP contribution in [0.5, 0.6) is 17.2 Å². The van der Waals surface area contributed by atoms with Gasteiger partial charge < -0.3 is 44.7 Å². The predicted octanol–water partition coefficient (Wildman–Crippen LogP) is 6.88. The first kappa shape index (κ1) is 44.4. The highest BCUT2D eigenvalue weighted by molar-refractivity contribution is 6.16. The lowest BCUT2D eigenvalue weighted by atomic mass is 9.98. The average Bonchev–Trinajstić information content (AvgIpc) is 3.15. The van der Waals surface area contributed by atoms with Crippen molar-refractivity contribution in [2.24, 2.45) is 0 Å². The first-order valence-corrected chi connectivity index (χ1v) is 19.9. The standard InChI is InChI=1S/C44H61N5O8/c1-30(2)56-41-34(40(51)32-15-11-12-16-36(32)54-28-14-22-46-43(53)57-44(4,5)6)20-19-33(39(41)45)42(52)48(8)35-21-18-31(3)29-37(35)55-27-13-9-10-17-38(50)49-25-23-47(7)24-26-49/h11-12,15-16,18-21,29-30H,9-10,13-14,17,22-28,45H2,1-8H3,(H,46,53). The predicted molar refractivity (Wildman–Crippen MR) is 223 cm³/mol. The van der Waals surface area contributed by atoms with Gasteiger partial charge >= 0.3 is 6.09 Å². The largest absolute Gasteiger partial charge is 0.493 e. The highest BCUT2D eigenvalue weighted by atomic mass is 16.6. The number of nitrogens with two attached hydrogens (primary N) is 1. The van der Waals surface area contributed by atoms with Gasteiger partial charge in [-0.3, -0.25) is 14.4 Å². The number of para-hydroxylation sites is 1. The van der Waals surface area contributed by atoms with Gasteiger partial charge in [0.1, 0.15) is 17.1 Å². The summed E-state index contributed by atoms with van der Waals surface area (Å²) in [6, 6.07) is 15.6. The minimum atomic E-state index is -0.599. The number of aryl methyl sites for hydroxylation is 1. The molecule has 1 fully saturated rings. The van der Waals surface area contributed by atoms with Gasteiger partial charge in [0.2, 0.25) is 11.7 Å². The van der Waals surface area contributed by atoms with Gasteiger partial charge in [0.25, 0.3) is 5.91 Å². The normalized spacial score (nSPS) is 13.2. The van der Waals surface area contributed by atoms with Crippen molar-refractivity contribution in [3.8, 4) is 17.2 Å². The van der Waals surface area contributed by atoms with Gasteiger partial charge in [0.05, 0.1) is 47.4 Å². The van der Waals surface area contributed by atoms with Crippen LogP contribution >= 0.6 is 0 Å². The maximum absolute atomic E-state index is 14.1. The van der Waals surface area contributed by atoms with Gasteiger partial charge in [-0.05, 0) is 116 Å². The Balaban J connectivity index is 1.43. The Bertz CT molecular complexity index is 1850. The van der Waals surface area contributed by atoms with Crippen molar-refractivity contribution in [3.05, 3.63) is 76.9 Å². The van der Waals surface area contributed by atoms with Crippen molar-refractivity contribution >= 4 is 35.1 Å². The van der Waals surface area contributed by atoms with E-state index in [0.29, 0.717) is 48.7 Å². The zero-order valence-electron chi connectivity index (χ0n) is 34.9. The quantitative estimate of drug-likeness (QED) is 0.0793.